The number of aryl methyl sites for hydroxylation is 2. The van der Waals surface area contributed by atoms with Gasteiger partial charge in [-0.15, -0.1) is 0 Å². The smallest absolute Gasteiger partial charge is 0.340 e. The number of halogens is 1. The zero-order valence-corrected chi connectivity index (χ0v) is 27.9. The van der Waals surface area contributed by atoms with Crippen LogP contribution in [0.15, 0.2) is 48.5 Å². The standard InChI is InChI=1S/C37H49FN2O4/c1-10-42-35(41)34(44-36(5,6)7)32-26(4)39-25(3)31(33(32)40-21-19-37(8,9)20-22-40)28-13-17-30(18-14-28)43-24(2)23-27-11-15-29(38)16-12-27/h11-18,24,34H,10,19-23H2,1-9H3/t24?,34-/m0/s1. The van der Waals surface area contributed by atoms with Crippen molar-refractivity contribution in [1.82, 2.24) is 4.98 Å². The molecule has 238 valence electrons. The molecule has 1 fully saturated rings. The van der Waals surface area contributed by atoms with Gasteiger partial charge in [-0.3, -0.25) is 4.98 Å². The van der Waals surface area contributed by atoms with Crippen LogP contribution in [0.1, 0.15) is 89.9 Å². The first-order valence-corrected chi connectivity index (χ1v) is 15.8. The van der Waals surface area contributed by atoms with Crippen molar-refractivity contribution in [2.45, 2.75) is 99.4 Å². The maximum absolute atomic E-state index is 13.5. The Morgan fingerprint density at radius 1 is 1.00 bits per heavy atom. The second kappa shape index (κ2) is 13.7. The Morgan fingerprint density at radius 2 is 1.61 bits per heavy atom. The van der Waals surface area contributed by atoms with Crippen LogP contribution in [-0.2, 0) is 20.7 Å². The van der Waals surface area contributed by atoms with Gasteiger partial charge < -0.3 is 19.1 Å². The maximum Gasteiger partial charge on any atom is 0.340 e. The normalized spacial score (nSPS) is 16.4. The van der Waals surface area contributed by atoms with E-state index in [4.69, 9.17) is 19.2 Å². The Morgan fingerprint density at radius 3 is 2.18 bits per heavy atom. The molecule has 1 aliphatic rings. The molecule has 0 aliphatic carbocycles. The minimum absolute atomic E-state index is 0.0900. The highest BCUT2D eigenvalue weighted by atomic mass is 19.1. The van der Waals surface area contributed by atoms with Crippen molar-refractivity contribution in [3.05, 3.63) is 76.9 Å². The fourth-order valence-electron chi connectivity index (χ4n) is 5.89. The summed E-state index contributed by atoms with van der Waals surface area (Å²) in [7, 11) is 0. The molecule has 0 spiro atoms. The molecule has 0 bridgehead atoms. The molecule has 1 aliphatic heterocycles. The fraction of sp³-hybridized carbons (Fsp3) is 0.514. The van der Waals surface area contributed by atoms with Gasteiger partial charge in [-0.25, -0.2) is 9.18 Å². The monoisotopic (exact) mass is 604 g/mol. The van der Waals surface area contributed by atoms with Gasteiger partial charge in [0.15, 0.2) is 6.10 Å². The predicted molar refractivity (Wildman–Crippen MR) is 175 cm³/mol. The van der Waals surface area contributed by atoms with Crippen LogP contribution < -0.4 is 9.64 Å². The van der Waals surface area contributed by atoms with E-state index in [1.165, 1.54) is 12.1 Å². The van der Waals surface area contributed by atoms with Crippen molar-refractivity contribution >= 4 is 11.7 Å². The maximum atomic E-state index is 13.5. The first-order chi connectivity index (χ1) is 20.7. The second-order valence-corrected chi connectivity index (χ2v) is 13.7. The van der Waals surface area contributed by atoms with Gasteiger partial charge in [-0.05, 0) is 102 Å². The molecule has 0 saturated carbocycles. The number of pyridine rings is 1. The minimum Gasteiger partial charge on any atom is -0.490 e. The van der Waals surface area contributed by atoms with E-state index in [0.29, 0.717) is 6.42 Å². The van der Waals surface area contributed by atoms with Gasteiger partial charge in [0.25, 0.3) is 0 Å². The first kappa shape index (κ1) is 33.4. The lowest BCUT2D eigenvalue weighted by atomic mass is 9.82. The van der Waals surface area contributed by atoms with Crippen LogP contribution in [-0.4, -0.2) is 42.4 Å². The van der Waals surface area contributed by atoms with Crippen LogP contribution in [0.3, 0.4) is 0 Å². The Labute approximate surface area is 262 Å². The Bertz CT molecular complexity index is 1420. The lowest BCUT2D eigenvalue weighted by Gasteiger charge is -2.41. The summed E-state index contributed by atoms with van der Waals surface area (Å²) in [6, 6.07) is 14.6. The molecule has 1 unspecified atom stereocenters. The summed E-state index contributed by atoms with van der Waals surface area (Å²) in [5.41, 5.74) is 6.09. The number of ether oxygens (including phenoxy) is 3. The Kier molecular flexibility index (Phi) is 10.4. The van der Waals surface area contributed by atoms with Gasteiger partial charge in [-0.1, -0.05) is 38.1 Å². The highest BCUT2D eigenvalue weighted by molar-refractivity contribution is 5.88. The quantitative estimate of drug-likeness (QED) is 0.216. The molecule has 0 amide bonds. The van der Waals surface area contributed by atoms with Crippen LogP contribution in [0, 0.1) is 25.1 Å². The molecule has 4 rings (SSSR count). The highest BCUT2D eigenvalue weighted by Crippen LogP contribution is 2.45. The number of anilines is 1. The number of hydrogen-bond acceptors (Lipinski definition) is 6. The van der Waals surface area contributed by atoms with Crippen molar-refractivity contribution in [3.63, 3.8) is 0 Å². The number of aromatic nitrogens is 1. The summed E-state index contributed by atoms with van der Waals surface area (Å²) in [6.07, 6.45) is 1.74. The van der Waals surface area contributed by atoms with Crippen LogP contribution in [0.5, 0.6) is 5.75 Å². The first-order valence-electron chi connectivity index (χ1n) is 15.8. The van der Waals surface area contributed by atoms with E-state index in [1.54, 1.807) is 12.1 Å². The number of rotatable bonds is 10. The molecule has 1 aromatic heterocycles. The van der Waals surface area contributed by atoms with E-state index in [2.05, 4.69) is 30.9 Å². The molecule has 0 N–H and O–H groups in total. The average molecular weight is 605 g/mol. The SMILES string of the molecule is CCOC(=O)[C@@H](OC(C)(C)C)c1c(C)nc(C)c(-c2ccc(OC(C)Cc3ccc(F)cc3)cc2)c1N1CCC(C)(C)CC1. The molecule has 7 heteroatoms. The summed E-state index contributed by atoms with van der Waals surface area (Å²) in [6.45, 7) is 20.3. The van der Waals surface area contributed by atoms with Crippen molar-refractivity contribution in [2.75, 3.05) is 24.6 Å². The summed E-state index contributed by atoms with van der Waals surface area (Å²) in [5.74, 6) is 0.107. The molecule has 3 aromatic rings. The van der Waals surface area contributed by atoms with E-state index in [9.17, 15) is 9.18 Å². The fourth-order valence-corrected chi connectivity index (χ4v) is 5.89. The summed E-state index contributed by atoms with van der Waals surface area (Å²) in [5, 5.41) is 0. The third-order valence-corrected chi connectivity index (χ3v) is 8.16. The van der Waals surface area contributed by atoms with Gasteiger partial charge in [0, 0.05) is 42.0 Å². The molecule has 1 saturated heterocycles. The van der Waals surface area contributed by atoms with Gasteiger partial charge in [0.2, 0.25) is 0 Å². The predicted octanol–water partition coefficient (Wildman–Crippen LogP) is 8.56. The van der Waals surface area contributed by atoms with E-state index in [1.807, 2.05) is 60.6 Å². The van der Waals surface area contributed by atoms with Gasteiger partial charge in [0.05, 0.1) is 24.0 Å². The van der Waals surface area contributed by atoms with E-state index >= 15 is 0 Å². The lowest BCUT2D eigenvalue weighted by Crippen LogP contribution is -2.39. The number of carbonyl (C=O) groups excluding carboxylic acids is 1. The number of hydrogen-bond donors (Lipinski definition) is 0. The van der Waals surface area contributed by atoms with Crippen molar-refractivity contribution < 1.29 is 23.4 Å². The van der Waals surface area contributed by atoms with Crippen LogP contribution >= 0.6 is 0 Å². The third-order valence-electron chi connectivity index (χ3n) is 8.16. The zero-order valence-electron chi connectivity index (χ0n) is 27.9. The van der Waals surface area contributed by atoms with Crippen LogP contribution in [0.4, 0.5) is 10.1 Å². The summed E-state index contributed by atoms with van der Waals surface area (Å²) in [4.78, 5) is 20.9. The van der Waals surface area contributed by atoms with E-state index in [-0.39, 0.29) is 23.9 Å². The molecule has 2 atom stereocenters. The third kappa shape index (κ3) is 8.38. The van der Waals surface area contributed by atoms with Crippen molar-refractivity contribution in [3.8, 4) is 16.9 Å². The summed E-state index contributed by atoms with van der Waals surface area (Å²) >= 11 is 0. The molecule has 44 heavy (non-hydrogen) atoms. The number of benzene rings is 2. The van der Waals surface area contributed by atoms with E-state index in [0.717, 1.165) is 71.0 Å². The molecule has 0 radical (unpaired) electrons. The number of nitrogens with zero attached hydrogens (tertiary/aromatic N) is 2. The van der Waals surface area contributed by atoms with Gasteiger partial charge in [-0.2, -0.15) is 0 Å². The molecule has 6 nitrogen and oxygen atoms in total. The zero-order chi connectivity index (χ0) is 32.2. The van der Waals surface area contributed by atoms with Crippen LogP contribution in [0.25, 0.3) is 11.1 Å². The minimum atomic E-state index is -0.915. The largest absolute Gasteiger partial charge is 0.490 e. The van der Waals surface area contributed by atoms with Crippen molar-refractivity contribution in [1.29, 1.82) is 0 Å². The Balaban J connectivity index is 1.76. The summed E-state index contributed by atoms with van der Waals surface area (Å²) < 4.78 is 31.6. The Hall–Kier alpha value is -3.45. The highest BCUT2D eigenvalue weighted by Gasteiger charge is 2.37. The number of carbonyl (C=O) groups is 1. The molecular weight excluding hydrogens is 555 g/mol. The van der Waals surface area contributed by atoms with Crippen molar-refractivity contribution in [2.24, 2.45) is 5.41 Å². The van der Waals surface area contributed by atoms with Gasteiger partial charge in [0.1, 0.15) is 11.6 Å². The van der Waals surface area contributed by atoms with Crippen LogP contribution in [0.2, 0.25) is 0 Å². The number of esters is 1. The molecule has 2 heterocycles. The lowest BCUT2D eigenvalue weighted by molar-refractivity contribution is -0.166. The molecule has 2 aromatic carbocycles. The van der Waals surface area contributed by atoms with Gasteiger partial charge >= 0.3 is 5.97 Å². The number of piperidine rings is 1. The molecular formula is C37H49FN2O4. The average Bonchev–Trinajstić information content (AvgIpc) is 2.93. The van der Waals surface area contributed by atoms with E-state index < -0.39 is 17.7 Å². The second-order valence-electron chi connectivity index (χ2n) is 13.7. The topological polar surface area (TPSA) is 60.9 Å².